The minimum Gasteiger partial charge on any atom is -0.456 e. The molecule has 3 nitrogen and oxygen atoms in total. The lowest BCUT2D eigenvalue weighted by Gasteiger charge is -2.42. The Morgan fingerprint density at radius 2 is 1.02 bits per heavy atom. The molecule has 0 N–H and O–H groups in total. The highest BCUT2D eigenvalue weighted by Gasteiger charge is 2.38. The summed E-state index contributed by atoms with van der Waals surface area (Å²) in [5.74, 6) is 0. The first kappa shape index (κ1) is 26.9. The maximum atomic E-state index is 6.48. The smallest absolute Gasteiger partial charge is 0.137 e. The zero-order valence-electron chi connectivity index (χ0n) is 27.3. The van der Waals surface area contributed by atoms with Gasteiger partial charge in [0, 0.05) is 44.1 Å². The highest BCUT2D eigenvalue weighted by molar-refractivity contribution is 6.24. The molecule has 0 aliphatic heterocycles. The van der Waals surface area contributed by atoms with Crippen LogP contribution in [0.2, 0.25) is 0 Å². The van der Waals surface area contributed by atoms with E-state index in [1.807, 2.05) is 6.07 Å². The van der Waals surface area contributed by atoms with Crippen LogP contribution in [0.5, 0.6) is 0 Å². The maximum absolute atomic E-state index is 6.48. The van der Waals surface area contributed by atoms with Crippen LogP contribution in [0.25, 0.3) is 76.9 Å². The fourth-order valence-corrected chi connectivity index (χ4v) is 8.57. The Bertz CT molecular complexity index is 2730. The Kier molecular flexibility index (Phi) is 5.24. The third kappa shape index (κ3) is 3.63. The van der Waals surface area contributed by atoms with Gasteiger partial charge in [-0.05, 0) is 83.3 Å². The van der Waals surface area contributed by atoms with Gasteiger partial charge >= 0.3 is 0 Å². The summed E-state index contributed by atoms with van der Waals surface area (Å²) in [6.07, 6.45) is 2.36. The normalized spacial score (nSPS) is 15.8. The molecule has 0 radical (unpaired) electrons. The second kappa shape index (κ2) is 9.17. The molecule has 10 rings (SSSR count). The third-order valence-corrected chi connectivity index (χ3v) is 11.2. The van der Waals surface area contributed by atoms with E-state index in [9.17, 15) is 0 Å². The molecule has 0 fully saturated rings. The predicted octanol–water partition coefficient (Wildman–Crippen LogP) is 12.1. The van der Waals surface area contributed by atoms with E-state index in [1.54, 1.807) is 0 Å². The van der Waals surface area contributed by atoms with Crippen LogP contribution in [-0.2, 0) is 10.8 Å². The van der Waals surface area contributed by atoms with Crippen LogP contribution in [-0.4, -0.2) is 9.13 Å². The zero-order chi connectivity index (χ0) is 31.7. The second-order valence-electron chi connectivity index (χ2n) is 14.8. The van der Waals surface area contributed by atoms with Crippen molar-refractivity contribution in [3.63, 3.8) is 0 Å². The van der Waals surface area contributed by atoms with Crippen molar-refractivity contribution in [2.75, 3.05) is 0 Å². The SMILES string of the molecule is CC1(C)CCC(C)(C)c2cc3c(cc21)c1ccc2c4ccccc4n(-c4ccccc4)c2c1n3-c1ccc2c(c1)oc1ccccc12. The molecular weight excluding hydrogens is 572 g/mol. The van der Waals surface area contributed by atoms with Crippen molar-refractivity contribution in [3.8, 4) is 11.4 Å². The summed E-state index contributed by atoms with van der Waals surface area (Å²) in [7, 11) is 0. The van der Waals surface area contributed by atoms with E-state index in [4.69, 9.17) is 4.42 Å². The molecule has 3 aromatic heterocycles. The summed E-state index contributed by atoms with van der Waals surface area (Å²) in [6, 6.07) is 44.5. The third-order valence-electron chi connectivity index (χ3n) is 11.2. The summed E-state index contributed by atoms with van der Waals surface area (Å²) >= 11 is 0. The standard InChI is InChI=1S/C44H36N2O/c1-43(2)22-23-44(3,4)36-26-38-34(25-35(36)43)33-21-20-32-29-14-8-10-16-37(29)45(27-12-6-5-7-13-27)41(32)42(33)46(38)28-18-19-31-30-15-9-11-17-39(30)47-40(31)24-28/h5-21,24-26H,22-23H2,1-4H3. The van der Waals surface area contributed by atoms with E-state index in [2.05, 4.69) is 152 Å². The average Bonchev–Trinajstić information content (AvgIpc) is 3.74. The van der Waals surface area contributed by atoms with Crippen molar-refractivity contribution in [2.45, 2.75) is 51.4 Å². The van der Waals surface area contributed by atoms with E-state index in [0.29, 0.717) is 0 Å². The Labute approximate surface area is 273 Å². The highest BCUT2D eigenvalue weighted by Crippen LogP contribution is 2.50. The minimum absolute atomic E-state index is 0.0945. The van der Waals surface area contributed by atoms with Crippen LogP contribution in [0.3, 0.4) is 0 Å². The molecule has 0 spiro atoms. The van der Waals surface area contributed by atoms with E-state index < -0.39 is 0 Å². The molecule has 9 aromatic rings. The van der Waals surface area contributed by atoms with Gasteiger partial charge in [0.25, 0.3) is 0 Å². The lowest BCUT2D eigenvalue weighted by Crippen LogP contribution is -2.33. The molecule has 0 saturated heterocycles. The number of hydrogen-bond acceptors (Lipinski definition) is 1. The van der Waals surface area contributed by atoms with E-state index >= 15 is 0 Å². The van der Waals surface area contributed by atoms with Gasteiger partial charge in [-0.2, -0.15) is 0 Å². The van der Waals surface area contributed by atoms with Gasteiger partial charge in [-0.1, -0.05) is 94.4 Å². The van der Waals surface area contributed by atoms with Gasteiger partial charge < -0.3 is 13.6 Å². The van der Waals surface area contributed by atoms with Crippen molar-refractivity contribution in [3.05, 3.63) is 132 Å². The lowest BCUT2D eigenvalue weighted by molar-refractivity contribution is 0.332. The lowest BCUT2D eigenvalue weighted by atomic mass is 9.63. The van der Waals surface area contributed by atoms with Crippen molar-refractivity contribution in [2.24, 2.45) is 0 Å². The molecule has 3 heteroatoms. The van der Waals surface area contributed by atoms with Gasteiger partial charge in [0.05, 0.1) is 27.8 Å². The molecule has 0 bridgehead atoms. The number of benzene rings is 6. The van der Waals surface area contributed by atoms with Crippen molar-refractivity contribution < 1.29 is 4.42 Å². The summed E-state index contributed by atoms with van der Waals surface area (Å²) in [5.41, 5.74) is 12.2. The van der Waals surface area contributed by atoms with Gasteiger partial charge in [-0.25, -0.2) is 0 Å². The van der Waals surface area contributed by atoms with Crippen LogP contribution in [0.4, 0.5) is 0 Å². The largest absolute Gasteiger partial charge is 0.456 e. The quantitative estimate of drug-likeness (QED) is 0.191. The predicted molar refractivity (Wildman–Crippen MR) is 198 cm³/mol. The van der Waals surface area contributed by atoms with Gasteiger partial charge in [0.2, 0.25) is 0 Å². The Morgan fingerprint density at radius 3 is 1.79 bits per heavy atom. The molecular formula is C44H36N2O. The molecule has 3 heterocycles. The van der Waals surface area contributed by atoms with Crippen LogP contribution in [0.15, 0.2) is 126 Å². The maximum Gasteiger partial charge on any atom is 0.137 e. The highest BCUT2D eigenvalue weighted by atomic mass is 16.3. The van der Waals surface area contributed by atoms with Gasteiger partial charge in [0.15, 0.2) is 0 Å². The van der Waals surface area contributed by atoms with Crippen molar-refractivity contribution >= 4 is 65.6 Å². The number of nitrogens with zero attached hydrogens (tertiary/aromatic N) is 2. The number of fused-ring (bicyclic) bond motifs is 11. The average molecular weight is 609 g/mol. The molecule has 1 aliphatic rings. The monoisotopic (exact) mass is 608 g/mol. The topological polar surface area (TPSA) is 23.0 Å². The minimum atomic E-state index is 0.0945. The summed E-state index contributed by atoms with van der Waals surface area (Å²) in [5, 5.41) is 7.41. The van der Waals surface area contributed by atoms with Crippen molar-refractivity contribution in [1.29, 1.82) is 0 Å². The molecule has 1 aliphatic carbocycles. The Hall–Kier alpha value is -5.28. The Morgan fingerprint density at radius 1 is 0.447 bits per heavy atom. The molecule has 6 aromatic carbocycles. The first-order valence-corrected chi connectivity index (χ1v) is 16.8. The molecule has 0 atom stereocenters. The van der Waals surface area contributed by atoms with Crippen molar-refractivity contribution in [1.82, 2.24) is 9.13 Å². The van der Waals surface area contributed by atoms with Gasteiger partial charge in [0.1, 0.15) is 11.2 Å². The van der Waals surface area contributed by atoms with Gasteiger partial charge in [-0.3, -0.25) is 0 Å². The molecule has 0 saturated carbocycles. The van der Waals surface area contributed by atoms with E-state index in [1.165, 1.54) is 67.6 Å². The fourth-order valence-electron chi connectivity index (χ4n) is 8.57. The summed E-state index contributed by atoms with van der Waals surface area (Å²) in [4.78, 5) is 0. The Balaban J connectivity index is 1.43. The van der Waals surface area contributed by atoms with E-state index in [-0.39, 0.29) is 10.8 Å². The summed E-state index contributed by atoms with van der Waals surface area (Å²) < 4.78 is 11.5. The molecule has 0 unspecified atom stereocenters. The number of para-hydroxylation sites is 3. The summed E-state index contributed by atoms with van der Waals surface area (Å²) in [6.45, 7) is 9.69. The van der Waals surface area contributed by atoms with Crippen LogP contribution in [0, 0.1) is 0 Å². The van der Waals surface area contributed by atoms with Crippen LogP contribution >= 0.6 is 0 Å². The van der Waals surface area contributed by atoms with Gasteiger partial charge in [-0.15, -0.1) is 0 Å². The number of rotatable bonds is 2. The second-order valence-corrected chi connectivity index (χ2v) is 14.8. The fraction of sp³-hybridized carbons (Fsp3) is 0.182. The first-order chi connectivity index (χ1) is 22.8. The van der Waals surface area contributed by atoms with Crippen LogP contribution in [0.1, 0.15) is 51.7 Å². The molecule has 0 amide bonds. The zero-order valence-corrected chi connectivity index (χ0v) is 27.3. The number of furan rings is 1. The molecule has 47 heavy (non-hydrogen) atoms. The first-order valence-electron chi connectivity index (χ1n) is 16.8. The van der Waals surface area contributed by atoms with Crippen LogP contribution < -0.4 is 0 Å². The van der Waals surface area contributed by atoms with E-state index in [0.717, 1.165) is 33.3 Å². The number of aromatic nitrogens is 2. The number of hydrogen-bond donors (Lipinski definition) is 0. The molecule has 228 valence electrons.